The number of benzene rings is 1. The quantitative estimate of drug-likeness (QED) is 0.857. The van der Waals surface area contributed by atoms with Crippen LogP contribution in [0.4, 0.5) is 14.5 Å². The van der Waals surface area contributed by atoms with Crippen molar-refractivity contribution in [1.29, 1.82) is 0 Å². The highest BCUT2D eigenvalue weighted by Crippen LogP contribution is 2.25. The van der Waals surface area contributed by atoms with Gasteiger partial charge in [-0.15, -0.1) is 0 Å². The van der Waals surface area contributed by atoms with Crippen LogP contribution in [0.5, 0.6) is 5.75 Å². The van der Waals surface area contributed by atoms with Crippen LogP contribution in [0.1, 0.15) is 16.1 Å². The standard InChI is InChI=1S/C14H12F2N2O3/c15-14(16)21-12-4-2-1-3-11(12)18-8-10-6-5-9(7-17-10)13(19)20/h1-7,14,18H,8H2,(H,19,20). The number of carboxylic acids is 1. The van der Waals surface area contributed by atoms with E-state index in [1.807, 2.05) is 0 Å². The van der Waals surface area contributed by atoms with Crippen LogP contribution in [0.3, 0.4) is 0 Å². The molecule has 0 fully saturated rings. The van der Waals surface area contributed by atoms with E-state index in [0.29, 0.717) is 11.4 Å². The molecule has 1 aromatic heterocycles. The third-order valence-electron chi connectivity index (χ3n) is 2.63. The highest BCUT2D eigenvalue weighted by molar-refractivity contribution is 5.87. The minimum Gasteiger partial charge on any atom is -0.478 e. The van der Waals surface area contributed by atoms with Crippen molar-refractivity contribution < 1.29 is 23.4 Å². The fraction of sp³-hybridized carbons (Fsp3) is 0.143. The Morgan fingerprint density at radius 2 is 2.05 bits per heavy atom. The van der Waals surface area contributed by atoms with E-state index >= 15 is 0 Å². The normalized spacial score (nSPS) is 10.4. The zero-order chi connectivity index (χ0) is 15.2. The summed E-state index contributed by atoms with van der Waals surface area (Å²) >= 11 is 0. The van der Waals surface area contributed by atoms with Gasteiger partial charge in [0.15, 0.2) is 0 Å². The van der Waals surface area contributed by atoms with Gasteiger partial charge in [-0.2, -0.15) is 8.78 Å². The number of nitrogens with one attached hydrogen (secondary N) is 1. The zero-order valence-electron chi connectivity index (χ0n) is 10.8. The number of para-hydroxylation sites is 2. The van der Waals surface area contributed by atoms with Crippen LogP contribution < -0.4 is 10.1 Å². The molecule has 0 bridgehead atoms. The third kappa shape index (κ3) is 4.13. The predicted octanol–water partition coefficient (Wildman–Crippen LogP) is 2.99. The monoisotopic (exact) mass is 294 g/mol. The number of rotatable bonds is 6. The second kappa shape index (κ2) is 6.65. The molecular formula is C14H12F2N2O3. The van der Waals surface area contributed by atoms with Gasteiger partial charge in [-0.1, -0.05) is 12.1 Å². The van der Waals surface area contributed by atoms with Crippen molar-refractivity contribution >= 4 is 11.7 Å². The third-order valence-corrected chi connectivity index (χ3v) is 2.63. The molecule has 0 saturated carbocycles. The maximum absolute atomic E-state index is 12.3. The summed E-state index contributed by atoms with van der Waals surface area (Å²) in [6.07, 6.45) is 1.24. The minimum absolute atomic E-state index is 0.0367. The summed E-state index contributed by atoms with van der Waals surface area (Å²) in [7, 11) is 0. The average molecular weight is 294 g/mol. The van der Waals surface area contributed by atoms with E-state index in [0.717, 1.165) is 0 Å². The maximum atomic E-state index is 12.3. The summed E-state index contributed by atoms with van der Waals surface area (Å²) in [5.74, 6) is -1.02. The first kappa shape index (κ1) is 14.7. The molecule has 0 aliphatic heterocycles. The summed E-state index contributed by atoms with van der Waals surface area (Å²) < 4.78 is 28.9. The lowest BCUT2D eigenvalue weighted by Crippen LogP contribution is -2.07. The molecule has 0 unspecified atom stereocenters. The van der Waals surface area contributed by atoms with Gasteiger partial charge in [0, 0.05) is 6.20 Å². The SMILES string of the molecule is O=C(O)c1ccc(CNc2ccccc2OC(F)F)nc1. The van der Waals surface area contributed by atoms with E-state index < -0.39 is 12.6 Å². The van der Waals surface area contributed by atoms with Crippen molar-refractivity contribution in [3.05, 3.63) is 53.9 Å². The smallest absolute Gasteiger partial charge is 0.387 e. The number of hydrogen-bond acceptors (Lipinski definition) is 4. The predicted molar refractivity (Wildman–Crippen MR) is 71.6 cm³/mol. The highest BCUT2D eigenvalue weighted by atomic mass is 19.3. The van der Waals surface area contributed by atoms with Gasteiger partial charge in [0.05, 0.1) is 23.5 Å². The van der Waals surface area contributed by atoms with E-state index in [-0.39, 0.29) is 17.9 Å². The Hall–Kier alpha value is -2.70. The lowest BCUT2D eigenvalue weighted by atomic mass is 10.2. The Morgan fingerprint density at radius 3 is 2.67 bits per heavy atom. The van der Waals surface area contributed by atoms with Gasteiger partial charge in [0.25, 0.3) is 0 Å². The fourth-order valence-electron chi connectivity index (χ4n) is 1.65. The molecule has 1 heterocycles. The Bertz CT molecular complexity index is 618. The van der Waals surface area contributed by atoms with E-state index in [1.165, 1.54) is 18.3 Å². The number of ether oxygens (including phenoxy) is 1. The van der Waals surface area contributed by atoms with Crippen molar-refractivity contribution in [2.75, 3.05) is 5.32 Å². The Labute approximate surface area is 119 Å². The maximum Gasteiger partial charge on any atom is 0.387 e. The number of anilines is 1. The number of aromatic nitrogens is 1. The number of nitrogens with zero attached hydrogens (tertiary/aromatic N) is 1. The lowest BCUT2D eigenvalue weighted by molar-refractivity contribution is -0.0493. The van der Waals surface area contributed by atoms with Crippen LogP contribution in [0.25, 0.3) is 0 Å². The molecule has 0 aliphatic rings. The molecule has 0 atom stereocenters. The minimum atomic E-state index is -2.90. The van der Waals surface area contributed by atoms with Crippen LogP contribution in [0.2, 0.25) is 0 Å². The van der Waals surface area contributed by atoms with Crippen molar-refractivity contribution in [2.24, 2.45) is 0 Å². The van der Waals surface area contributed by atoms with Crippen molar-refractivity contribution in [2.45, 2.75) is 13.2 Å². The van der Waals surface area contributed by atoms with E-state index in [2.05, 4.69) is 15.0 Å². The first-order chi connectivity index (χ1) is 10.1. The number of hydrogen-bond donors (Lipinski definition) is 2. The van der Waals surface area contributed by atoms with Crippen molar-refractivity contribution in [3.63, 3.8) is 0 Å². The molecular weight excluding hydrogens is 282 g/mol. The number of pyridine rings is 1. The van der Waals surface area contributed by atoms with E-state index in [1.54, 1.807) is 24.3 Å². The summed E-state index contributed by atoms with van der Waals surface area (Å²) in [5.41, 5.74) is 1.06. The molecule has 0 aliphatic carbocycles. The van der Waals surface area contributed by atoms with Gasteiger partial charge >= 0.3 is 12.6 Å². The van der Waals surface area contributed by atoms with Gasteiger partial charge in [-0.25, -0.2) is 4.79 Å². The Morgan fingerprint density at radius 1 is 1.29 bits per heavy atom. The number of halogens is 2. The lowest BCUT2D eigenvalue weighted by Gasteiger charge is -2.12. The molecule has 0 radical (unpaired) electrons. The van der Waals surface area contributed by atoms with Crippen LogP contribution in [-0.2, 0) is 6.54 Å². The van der Waals surface area contributed by atoms with Crippen LogP contribution >= 0.6 is 0 Å². The number of aromatic carboxylic acids is 1. The van der Waals surface area contributed by atoms with Crippen LogP contribution in [0, 0.1) is 0 Å². The van der Waals surface area contributed by atoms with Crippen LogP contribution in [0.15, 0.2) is 42.6 Å². The number of carboxylic acid groups (broad SMARTS) is 1. The summed E-state index contributed by atoms with van der Waals surface area (Å²) in [5, 5.41) is 11.7. The molecule has 110 valence electrons. The second-order valence-electron chi connectivity index (χ2n) is 4.07. The van der Waals surface area contributed by atoms with Gasteiger partial charge < -0.3 is 15.2 Å². The van der Waals surface area contributed by atoms with Crippen LogP contribution in [-0.4, -0.2) is 22.7 Å². The molecule has 1 aromatic carbocycles. The van der Waals surface area contributed by atoms with Crippen molar-refractivity contribution in [3.8, 4) is 5.75 Å². The molecule has 5 nitrogen and oxygen atoms in total. The van der Waals surface area contributed by atoms with Gasteiger partial charge in [-0.3, -0.25) is 4.98 Å². The molecule has 0 spiro atoms. The summed E-state index contributed by atoms with van der Waals surface area (Å²) in [4.78, 5) is 14.7. The van der Waals surface area contributed by atoms with E-state index in [4.69, 9.17) is 5.11 Å². The molecule has 2 rings (SSSR count). The molecule has 2 N–H and O–H groups in total. The van der Waals surface area contributed by atoms with Gasteiger partial charge in [-0.05, 0) is 24.3 Å². The summed E-state index contributed by atoms with van der Waals surface area (Å²) in [6, 6.07) is 9.27. The van der Waals surface area contributed by atoms with Gasteiger partial charge in [0.2, 0.25) is 0 Å². The first-order valence-corrected chi connectivity index (χ1v) is 6.02. The highest BCUT2D eigenvalue weighted by Gasteiger charge is 2.09. The fourth-order valence-corrected chi connectivity index (χ4v) is 1.65. The second-order valence-corrected chi connectivity index (χ2v) is 4.07. The molecule has 0 saturated heterocycles. The first-order valence-electron chi connectivity index (χ1n) is 6.02. The zero-order valence-corrected chi connectivity index (χ0v) is 10.8. The van der Waals surface area contributed by atoms with Gasteiger partial charge in [0.1, 0.15) is 5.75 Å². The topological polar surface area (TPSA) is 71.5 Å². The number of carbonyl (C=O) groups is 1. The number of alkyl halides is 2. The molecule has 2 aromatic rings. The average Bonchev–Trinajstić information content (AvgIpc) is 2.46. The molecule has 0 amide bonds. The largest absolute Gasteiger partial charge is 0.478 e. The summed E-state index contributed by atoms with van der Waals surface area (Å²) in [6.45, 7) is -2.65. The van der Waals surface area contributed by atoms with E-state index in [9.17, 15) is 13.6 Å². The van der Waals surface area contributed by atoms with Crippen molar-refractivity contribution in [1.82, 2.24) is 4.98 Å². The Balaban J connectivity index is 2.04. The molecule has 7 heteroatoms. The Kier molecular flexibility index (Phi) is 4.65. The molecule has 21 heavy (non-hydrogen) atoms.